The van der Waals surface area contributed by atoms with Crippen molar-refractivity contribution in [3.05, 3.63) is 64.8 Å². The third kappa shape index (κ3) is 3.00. The van der Waals surface area contributed by atoms with Crippen LogP contribution in [-0.4, -0.2) is 19.5 Å². The predicted molar refractivity (Wildman–Crippen MR) is 98.3 cm³/mol. The highest BCUT2D eigenvalue weighted by Crippen LogP contribution is 2.32. The number of H-pyrrole nitrogens is 1. The van der Waals surface area contributed by atoms with Gasteiger partial charge in [0.05, 0.1) is 22.6 Å². The van der Waals surface area contributed by atoms with Gasteiger partial charge in [-0.3, -0.25) is 4.18 Å². The van der Waals surface area contributed by atoms with E-state index in [0.717, 1.165) is 34.1 Å². The summed E-state index contributed by atoms with van der Waals surface area (Å²) in [6, 6.07) is 14.3. The number of aromatic amines is 1. The Balaban J connectivity index is 1.62. The van der Waals surface area contributed by atoms with Crippen LogP contribution >= 0.6 is 0 Å². The molecule has 0 spiro atoms. The molecule has 0 unspecified atom stereocenters. The second-order valence-corrected chi connectivity index (χ2v) is 8.25. The Morgan fingerprint density at radius 3 is 2.69 bits per heavy atom. The van der Waals surface area contributed by atoms with Crippen molar-refractivity contribution in [2.75, 3.05) is 0 Å². The molecule has 0 saturated heterocycles. The van der Waals surface area contributed by atoms with Crippen LogP contribution in [0.4, 0.5) is 0 Å². The Labute approximate surface area is 152 Å². The molecule has 4 rings (SSSR count). The average Bonchev–Trinajstić information content (AvgIpc) is 2.99. The monoisotopic (exact) mass is 366 g/mol. The van der Waals surface area contributed by atoms with Gasteiger partial charge in [0.15, 0.2) is 0 Å². The molecule has 3 aromatic rings. The fourth-order valence-corrected chi connectivity index (χ4v) is 4.58. The summed E-state index contributed by atoms with van der Waals surface area (Å²) in [7, 11) is -3.79. The van der Waals surface area contributed by atoms with Crippen LogP contribution in [0.2, 0.25) is 0 Å². The third-order valence-corrected chi connectivity index (χ3v) is 6.22. The van der Waals surface area contributed by atoms with E-state index in [1.807, 2.05) is 19.1 Å². The molecular formula is C20H18N2O3S. The van der Waals surface area contributed by atoms with Gasteiger partial charge in [-0.25, -0.2) is 0 Å². The van der Waals surface area contributed by atoms with Crippen LogP contribution in [0.15, 0.2) is 47.4 Å². The number of hydrogen-bond acceptors (Lipinski definition) is 4. The van der Waals surface area contributed by atoms with E-state index >= 15 is 0 Å². The number of hydrogen-bond donors (Lipinski definition) is 1. The highest BCUT2D eigenvalue weighted by atomic mass is 32.2. The molecule has 0 amide bonds. The minimum atomic E-state index is -3.79. The molecule has 1 N–H and O–H groups in total. The minimum Gasteiger partial charge on any atom is -0.358 e. The first kappa shape index (κ1) is 16.8. The summed E-state index contributed by atoms with van der Waals surface area (Å²) < 4.78 is 30.6. The van der Waals surface area contributed by atoms with E-state index in [2.05, 4.69) is 11.1 Å². The summed E-state index contributed by atoms with van der Waals surface area (Å²) in [6.07, 6.45) is 1.46. The van der Waals surface area contributed by atoms with Crippen LogP contribution in [0.5, 0.6) is 0 Å². The van der Waals surface area contributed by atoms with E-state index in [0.29, 0.717) is 18.4 Å². The molecular weight excluding hydrogens is 348 g/mol. The number of benzene rings is 2. The van der Waals surface area contributed by atoms with Gasteiger partial charge in [0.25, 0.3) is 10.1 Å². The maximum atomic E-state index is 12.6. The molecule has 1 aliphatic rings. The number of nitrogens with one attached hydrogen (secondary N) is 1. The van der Waals surface area contributed by atoms with Crippen molar-refractivity contribution < 1.29 is 12.6 Å². The lowest BCUT2D eigenvalue weighted by Gasteiger charge is -2.22. The minimum absolute atomic E-state index is 0.180. The number of nitrogens with zero attached hydrogens (tertiary/aromatic N) is 1. The van der Waals surface area contributed by atoms with E-state index in [4.69, 9.17) is 9.44 Å². The van der Waals surface area contributed by atoms with Crippen molar-refractivity contribution in [3.63, 3.8) is 0 Å². The molecule has 2 aromatic carbocycles. The standard InChI is InChI=1S/C20H18N2O3S/c1-13-2-6-16(7-3-13)26(23,24)25-15-5-9-20-18(11-15)17-10-14(12-21)4-8-19(17)22-20/h2-4,6-8,10,15,22H,5,9,11H2,1H3/t15-/m1/s1. The van der Waals surface area contributed by atoms with Crippen LogP contribution < -0.4 is 0 Å². The predicted octanol–water partition coefficient (Wildman–Crippen LogP) is 3.61. The molecule has 26 heavy (non-hydrogen) atoms. The zero-order valence-electron chi connectivity index (χ0n) is 14.3. The summed E-state index contributed by atoms with van der Waals surface area (Å²) in [6.45, 7) is 1.91. The lowest BCUT2D eigenvalue weighted by Crippen LogP contribution is -2.25. The van der Waals surface area contributed by atoms with E-state index in [1.165, 1.54) is 0 Å². The number of aryl methyl sites for hydroxylation is 2. The Morgan fingerprint density at radius 2 is 1.96 bits per heavy atom. The van der Waals surface area contributed by atoms with E-state index < -0.39 is 16.2 Å². The van der Waals surface area contributed by atoms with Crippen molar-refractivity contribution in [2.45, 2.75) is 37.2 Å². The molecule has 0 aliphatic heterocycles. The van der Waals surface area contributed by atoms with Crippen LogP contribution in [0.25, 0.3) is 10.9 Å². The third-order valence-electron chi connectivity index (χ3n) is 4.84. The summed E-state index contributed by atoms with van der Waals surface area (Å²) in [5.74, 6) is 0. The van der Waals surface area contributed by atoms with Gasteiger partial charge in [-0.2, -0.15) is 13.7 Å². The van der Waals surface area contributed by atoms with Gasteiger partial charge in [0.2, 0.25) is 0 Å². The second kappa shape index (κ2) is 6.27. The van der Waals surface area contributed by atoms with Gasteiger partial charge >= 0.3 is 0 Å². The first-order valence-corrected chi connectivity index (χ1v) is 9.90. The molecule has 0 saturated carbocycles. The van der Waals surface area contributed by atoms with Crippen molar-refractivity contribution in [1.82, 2.24) is 4.98 Å². The number of rotatable bonds is 3. The zero-order chi connectivity index (χ0) is 18.3. The van der Waals surface area contributed by atoms with Gasteiger partial charge in [0, 0.05) is 23.0 Å². The van der Waals surface area contributed by atoms with Gasteiger partial charge in [-0.15, -0.1) is 0 Å². The molecule has 0 fully saturated rings. The summed E-state index contributed by atoms with van der Waals surface area (Å²) in [5.41, 5.74) is 4.71. The molecule has 1 aliphatic carbocycles. The van der Waals surface area contributed by atoms with Crippen LogP contribution in [0.1, 0.15) is 28.8 Å². The van der Waals surface area contributed by atoms with E-state index in [1.54, 1.807) is 30.3 Å². The van der Waals surface area contributed by atoms with Crippen LogP contribution in [0.3, 0.4) is 0 Å². The Morgan fingerprint density at radius 1 is 1.19 bits per heavy atom. The lowest BCUT2D eigenvalue weighted by molar-refractivity contribution is 0.192. The normalized spacial score (nSPS) is 17.0. The highest BCUT2D eigenvalue weighted by Gasteiger charge is 2.28. The molecule has 1 heterocycles. The summed E-state index contributed by atoms with van der Waals surface area (Å²) in [4.78, 5) is 3.55. The zero-order valence-corrected chi connectivity index (χ0v) is 15.1. The lowest BCUT2D eigenvalue weighted by atomic mass is 9.93. The van der Waals surface area contributed by atoms with Crippen LogP contribution in [-0.2, 0) is 27.1 Å². The maximum Gasteiger partial charge on any atom is 0.297 e. The van der Waals surface area contributed by atoms with Crippen molar-refractivity contribution in [2.24, 2.45) is 0 Å². The fourth-order valence-electron chi connectivity index (χ4n) is 3.48. The van der Waals surface area contributed by atoms with E-state index in [-0.39, 0.29) is 4.90 Å². The van der Waals surface area contributed by atoms with Gasteiger partial charge in [-0.05, 0) is 55.7 Å². The summed E-state index contributed by atoms with van der Waals surface area (Å²) in [5, 5.41) is 10.1. The maximum absolute atomic E-state index is 12.6. The number of aromatic nitrogens is 1. The molecule has 0 bridgehead atoms. The average molecular weight is 366 g/mol. The highest BCUT2D eigenvalue weighted by molar-refractivity contribution is 7.86. The van der Waals surface area contributed by atoms with Crippen molar-refractivity contribution in [1.29, 1.82) is 5.26 Å². The molecule has 1 atom stereocenters. The quantitative estimate of drug-likeness (QED) is 0.718. The number of nitriles is 1. The first-order valence-electron chi connectivity index (χ1n) is 8.50. The second-order valence-electron chi connectivity index (χ2n) is 6.68. The Bertz CT molecular complexity index is 1120. The van der Waals surface area contributed by atoms with Crippen molar-refractivity contribution in [3.8, 4) is 6.07 Å². The van der Waals surface area contributed by atoms with Crippen LogP contribution in [0, 0.1) is 18.3 Å². The first-order chi connectivity index (χ1) is 12.5. The fraction of sp³-hybridized carbons (Fsp3) is 0.250. The van der Waals surface area contributed by atoms with Gasteiger partial charge in [0.1, 0.15) is 0 Å². The largest absolute Gasteiger partial charge is 0.358 e. The molecule has 1 aromatic heterocycles. The Hall–Kier alpha value is -2.62. The number of fused-ring (bicyclic) bond motifs is 3. The van der Waals surface area contributed by atoms with Crippen molar-refractivity contribution >= 4 is 21.0 Å². The Kier molecular flexibility index (Phi) is 4.06. The SMILES string of the molecule is Cc1ccc(S(=O)(=O)O[C@@H]2CCc3[nH]c4ccc(C#N)cc4c3C2)cc1. The molecule has 6 heteroatoms. The molecule has 132 valence electrons. The van der Waals surface area contributed by atoms with E-state index in [9.17, 15) is 8.42 Å². The smallest absolute Gasteiger partial charge is 0.297 e. The van der Waals surface area contributed by atoms with Gasteiger partial charge in [-0.1, -0.05) is 17.7 Å². The topological polar surface area (TPSA) is 83.0 Å². The molecule has 0 radical (unpaired) electrons. The van der Waals surface area contributed by atoms with Gasteiger partial charge < -0.3 is 4.98 Å². The summed E-state index contributed by atoms with van der Waals surface area (Å²) >= 11 is 0. The molecule has 5 nitrogen and oxygen atoms in total.